The first kappa shape index (κ1) is 24.4. The van der Waals surface area contributed by atoms with Crippen LogP contribution in [0.3, 0.4) is 0 Å². The van der Waals surface area contributed by atoms with Crippen LogP contribution in [-0.4, -0.2) is 25.8 Å². The maximum absolute atomic E-state index is 12.4. The van der Waals surface area contributed by atoms with Crippen molar-refractivity contribution in [1.82, 2.24) is 5.43 Å². The molecule has 3 rings (SSSR count). The Morgan fingerprint density at radius 3 is 2.52 bits per heavy atom. The lowest BCUT2D eigenvalue weighted by Crippen LogP contribution is -2.17. The average Bonchev–Trinajstić information content (AvgIpc) is 2.83. The van der Waals surface area contributed by atoms with Crippen LogP contribution in [0.5, 0.6) is 17.2 Å². The number of carbonyl (C=O) groups excluding carboxylic acids is 1. The first-order valence-corrected chi connectivity index (χ1v) is 11.1. The van der Waals surface area contributed by atoms with E-state index in [1.54, 1.807) is 30.5 Å². The predicted octanol–water partition coefficient (Wildman–Crippen LogP) is 6.02. The van der Waals surface area contributed by atoms with E-state index in [1.165, 1.54) is 7.11 Å². The summed E-state index contributed by atoms with van der Waals surface area (Å²) in [5.74, 6) is 1.30. The molecule has 6 nitrogen and oxygen atoms in total. The van der Waals surface area contributed by atoms with Crippen LogP contribution in [0.4, 0.5) is 0 Å². The van der Waals surface area contributed by atoms with Crippen molar-refractivity contribution < 1.29 is 19.0 Å². The minimum atomic E-state index is -0.373. The third-order valence-electron chi connectivity index (χ3n) is 4.43. The lowest BCUT2D eigenvalue weighted by molar-refractivity contribution is 0.0954. The largest absolute Gasteiger partial charge is 0.493 e. The van der Waals surface area contributed by atoms with Gasteiger partial charge >= 0.3 is 0 Å². The molecule has 3 aromatic rings. The van der Waals surface area contributed by atoms with E-state index in [-0.39, 0.29) is 5.91 Å². The molecule has 0 aliphatic rings. The average molecular weight is 530 g/mol. The topological polar surface area (TPSA) is 69.2 Å². The van der Waals surface area contributed by atoms with Gasteiger partial charge in [-0.05, 0) is 75.6 Å². The summed E-state index contributed by atoms with van der Waals surface area (Å²) in [4.78, 5) is 12.4. The molecule has 0 aliphatic heterocycles. The predicted molar refractivity (Wildman–Crippen MR) is 134 cm³/mol. The molecule has 170 valence electrons. The van der Waals surface area contributed by atoms with E-state index in [0.29, 0.717) is 41.0 Å². The van der Waals surface area contributed by atoms with Gasteiger partial charge in [-0.3, -0.25) is 4.79 Å². The van der Waals surface area contributed by atoms with Crippen LogP contribution in [0.25, 0.3) is 0 Å². The minimum Gasteiger partial charge on any atom is -0.493 e. The molecule has 0 aliphatic carbocycles. The highest BCUT2D eigenvalue weighted by molar-refractivity contribution is 9.10. The van der Waals surface area contributed by atoms with Gasteiger partial charge in [0.2, 0.25) is 0 Å². The zero-order valence-corrected chi connectivity index (χ0v) is 20.2. The van der Waals surface area contributed by atoms with Crippen molar-refractivity contribution in [2.75, 3.05) is 13.7 Å². The van der Waals surface area contributed by atoms with Gasteiger partial charge in [0.05, 0.1) is 17.8 Å². The van der Waals surface area contributed by atoms with Gasteiger partial charge in [0.1, 0.15) is 19.0 Å². The number of rotatable bonds is 10. The molecule has 0 unspecified atom stereocenters. The minimum absolute atomic E-state index is 0.340. The fourth-order valence-electron chi connectivity index (χ4n) is 2.76. The van der Waals surface area contributed by atoms with Gasteiger partial charge in [-0.2, -0.15) is 5.10 Å². The second-order valence-corrected chi connectivity index (χ2v) is 8.06. The van der Waals surface area contributed by atoms with E-state index in [4.69, 9.17) is 25.8 Å². The second kappa shape index (κ2) is 12.1. The number of amides is 1. The lowest BCUT2D eigenvalue weighted by atomic mass is 10.2. The quantitative estimate of drug-likeness (QED) is 0.198. The number of methoxy groups -OCH3 is 1. The van der Waals surface area contributed by atoms with Crippen molar-refractivity contribution in [1.29, 1.82) is 0 Å². The van der Waals surface area contributed by atoms with Gasteiger partial charge in [-0.25, -0.2) is 5.43 Å². The number of carbonyl (C=O) groups is 1. The van der Waals surface area contributed by atoms with E-state index >= 15 is 0 Å². The molecule has 1 N–H and O–H groups in total. The van der Waals surface area contributed by atoms with Crippen LogP contribution in [-0.2, 0) is 6.61 Å². The van der Waals surface area contributed by atoms with Crippen molar-refractivity contribution in [3.63, 3.8) is 0 Å². The van der Waals surface area contributed by atoms with Crippen molar-refractivity contribution >= 4 is 39.7 Å². The Morgan fingerprint density at radius 2 is 1.82 bits per heavy atom. The molecule has 1 amide bonds. The molecular weight excluding hydrogens is 508 g/mol. The molecule has 3 aromatic carbocycles. The van der Waals surface area contributed by atoms with Crippen molar-refractivity contribution in [2.24, 2.45) is 5.10 Å². The molecule has 33 heavy (non-hydrogen) atoms. The highest BCUT2D eigenvalue weighted by atomic mass is 79.9. The summed E-state index contributed by atoms with van der Waals surface area (Å²) >= 11 is 9.41. The first-order chi connectivity index (χ1) is 16.0. The van der Waals surface area contributed by atoms with Crippen molar-refractivity contribution in [2.45, 2.75) is 6.61 Å². The molecule has 0 saturated carbocycles. The van der Waals surface area contributed by atoms with E-state index in [0.717, 1.165) is 15.6 Å². The van der Waals surface area contributed by atoms with Crippen molar-refractivity contribution in [3.8, 4) is 17.2 Å². The Balaban J connectivity index is 1.58. The molecule has 0 spiro atoms. The van der Waals surface area contributed by atoms with E-state index in [1.807, 2.05) is 42.5 Å². The Hall–Kier alpha value is -3.29. The fraction of sp³-hybridized carbons (Fsp3) is 0.120. The van der Waals surface area contributed by atoms with E-state index in [9.17, 15) is 4.79 Å². The van der Waals surface area contributed by atoms with Crippen LogP contribution >= 0.6 is 27.5 Å². The number of nitrogens with one attached hydrogen (secondary N) is 1. The summed E-state index contributed by atoms with van der Waals surface area (Å²) in [6.45, 7) is 4.37. The molecule has 0 radical (unpaired) electrons. The van der Waals surface area contributed by atoms with Crippen molar-refractivity contribution in [3.05, 3.63) is 99.5 Å². The van der Waals surface area contributed by atoms with E-state index in [2.05, 4.69) is 33.0 Å². The SMILES string of the molecule is C=CCOc1ccc(C(=O)N/N=C/c2ccc(OCc3ccc(Cl)cc3)c(Br)c2)cc1OC. The molecular formula is C25H22BrClN2O4. The number of nitrogens with zero attached hydrogens (tertiary/aromatic N) is 1. The molecule has 8 heteroatoms. The number of benzene rings is 3. The van der Waals surface area contributed by atoms with Crippen LogP contribution in [0.1, 0.15) is 21.5 Å². The first-order valence-electron chi connectivity index (χ1n) is 9.92. The summed E-state index contributed by atoms with van der Waals surface area (Å²) in [7, 11) is 1.51. The Morgan fingerprint density at radius 1 is 1.06 bits per heavy atom. The number of hydrogen-bond donors (Lipinski definition) is 1. The molecule has 0 atom stereocenters. The number of hydrazone groups is 1. The molecule has 0 saturated heterocycles. The molecule has 0 fully saturated rings. The lowest BCUT2D eigenvalue weighted by Gasteiger charge is -2.10. The van der Waals surface area contributed by atoms with Crippen LogP contribution in [0.15, 0.2) is 82.9 Å². The molecule has 0 bridgehead atoms. The summed E-state index contributed by atoms with van der Waals surface area (Å²) in [6.07, 6.45) is 3.18. The summed E-state index contributed by atoms with van der Waals surface area (Å²) < 4.78 is 17.4. The zero-order chi connectivity index (χ0) is 23.6. The van der Waals surface area contributed by atoms with Crippen LogP contribution in [0, 0.1) is 0 Å². The summed E-state index contributed by atoms with van der Waals surface area (Å²) in [5, 5.41) is 4.72. The third kappa shape index (κ3) is 7.10. The van der Waals surface area contributed by atoms with Gasteiger partial charge in [-0.1, -0.05) is 36.4 Å². The Kier molecular flexibility index (Phi) is 8.92. The molecule has 0 aromatic heterocycles. The summed E-state index contributed by atoms with van der Waals surface area (Å²) in [6, 6.07) is 17.9. The molecule has 0 heterocycles. The van der Waals surface area contributed by atoms with Gasteiger partial charge in [0.15, 0.2) is 11.5 Å². The van der Waals surface area contributed by atoms with Crippen LogP contribution in [0.2, 0.25) is 5.02 Å². The normalized spacial score (nSPS) is 10.6. The Labute approximate surface area is 205 Å². The zero-order valence-electron chi connectivity index (χ0n) is 17.9. The fourth-order valence-corrected chi connectivity index (χ4v) is 3.40. The maximum atomic E-state index is 12.4. The highest BCUT2D eigenvalue weighted by Crippen LogP contribution is 2.28. The second-order valence-electron chi connectivity index (χ2n) is 6.77. The monoisotopic (exact) mass is 528 g/mol. The van der Waals surface area contributed by atoms with Gasteiger partial charge < -0.3 is 14.2 Å². The number of hydrogen-bond acceptors (Lipinski definition) is 5. The highest BCUT2D eigenvalue weighted by Gasteiger charge is 2.10. The maximum Gasteiger partial charge on any atom is 0.271 e. The van der Waals surface area contributed by atoms with Gasteiger partial charge in [0.25, 0.3) is 5.91 Å². The number of ether oxygens (including phenoxy) is 3. The number of halogens is 2. The third-order valence-corrected chi connectivity index (χ3v) is 5.30. The smallest absolute Gasteiger partial charge is 0.271 e. The standard InChI is InChI=1S/C25H22BrClN2O4/c1-3-12-32-23-11-7-19(14-24(23)31-2)25(30)29-28-15-18-6-10-22(21(26)13-18)33-16-17-4-8-20(27)9-5-17/h3-11,13-15H,1,12,16H2,2H3,(H,29,30)/b28-15+. The Bertz CT molecular complexity index is 1150. The van der Waals surface area contributed by atoms with E-state index < -0.39 is 0 Å². The van der Waals surface area contributed by atoms with Gasteiger partial charge in [-0.15, -0.1) is 0 Å². The van der Waals surface area contributed by atoms with Crippen LogP contribution < -0.4 is 19.6 Å². The van der Waals surface area contributed by atoms with Gasteiger partial charge in [0, 0.05) is 10.6 Å². The summed E-state index contributed by atoms with van der Waals surface area (Å²) in [5.41, 5.74) is 4.69.